The van der Waals surface area contributed by atoms with E-state index in [0.717, 1.165) is 6.42 Å². The van der Waals surface area contributed by atoms with E-state index in [1.165, 1.54) is 4.88 Å². The highest BCUT2D eigenvalue weighted by Crippen LogP contribution is 2.11. The molecule has 0 amide bonds. The standard InChI is InChI=1S/C11H19N3OS/c1-8(6-10-4-3-5-16-10)13-9(2)7-11(12)14-15/h3-5,8-9,13,15H,6-7H2,1-2H3,(H2,12,14). The molecule has 0 fully saturated rings. The van der Waals surface area contributed by atoms with Crippen molar-refractivity contribution in [1.29, 1.82) is 0 Å². The summed E-state index contributed by atoms with van der Waals surface area (Å²) in [6.45, 7) is 4.17. The van der Waals surface area contributed by atoms with E-state index in [1.54, 1.807) is 11.3 Å². The number of nitrogens with zero attached hydrogens (tertiary/aromatic N) is 1. The Bertz CT molecular complexity index is 324. The Morgan fingerprint density at radius 3 is 2.88 bits per heavy atom. The Morgan fingerprint density at radius 1 is 1.56 bits per heavy atom. The van der Waals surface area contributed by atoms with Gasteiger partial charge in [0.2, 0.25) is 0 Å². The van der Waals surface area contributed by atoms with Gasteiger partial charge in [0, 0.05) is 23.4 Å². The van der Waals surface area contributed by atoms with Crippen LogP contribution in [-0.4, -0.2) is 23.1 Å². The van der Waals surface area contributed by atoms with E-state index in [-0.39, 0.29) is 11.9 Å². The van der Waals surface area contributed by atoms with Crippen molar-refractivity contribution in [2.45, 2.75) is 38.8 Å². The number of rotatable bonds is 6. The normalized spacial score (nSPS) is 16.0. The summed E-state index contributed by atoms with van der Waals surface area (Å²) >= 11 is 1.77. The number of oxime groups is 1. The Balaban J connectivity index is 2.31. The maximum atomic E-state index is 8.46. The fourth-order valence-electron chi connectivity index (χ4n) is 1.69. The monoisotopic (exact) mass is 241 g/mol. The topological polar surface area (TPSA) is 70.6 Å². The summed E-state index contributed by atoms with van der Waals surface area (Å²) in [5, 5.41) is 16.9. The molecule has 0 aromatic carbocycles. The molecule has 0 aliphatic heterocycles. The third-order valence-electron chi connectivity index (χ3n) is 2.30. The molecule has 0 aliphatic carbocycles. The van der Waals surface area contributed by atoms with Crippen molar-refractivity contribution in [3.63, 3.8) is 0 Å². The molecule has 16 heavy (non-hydrogen) atoms. The summed E-state index contributed by atoms with van der Waals surface area (Å²) in [6.07, 6.45) is 1.57. The second-order valence-corrected chi connectivity index (χ2v) is 5.08. The van der Waals surface area contributed by atoms with Crippen LogP contribution in [0.4, 0.5) is 0 Å². The van der Waals surface area contributed by atoms with E-state index in [2.05, 4.69) is 34.9 Å². The number of thiophene rings is 1. The fourth-order valence-corrected chi connectivity index (χ4v) is 2.52. The zero-order valence-electron chi connectivity index (χ0n) is 9.68. The molecule has 0 radical (unpaired) electrons. The van der Waals surface area contributed by atoms with Gasteiger partial charge in [-0.25, -0.2) is 0 Å². The summed E-state index contributed by atoms with van der Waals surface area (Å²) < 4.78 is 0. The molecule has 5 heteroatoms. The lowest BCUT2D eigenvalue weighted by molar-refractivity contribution is 0.315. The molecule has 4 N–H and O–H groups in total. The first-order valence-corrected chi connectivity index (χ1v) is 6.24. The Hall–Kier alpha value is -1.07. The van der Waals surface area contributed by atoms with Gasteiger partial charge in [-0.2, -0.15) is 0 Å². The van der Waals surface area contributed by atoms with E-state index < -0.39 is 0 Å². The zero-order valence-corrected chi connectivity index (χ0v) is 10.5. The second-order valence-electron chi connectivity index (χ2n) is 4.05. The van der Waals surface area contributed by atoms with E-state index in [0.29, 0.717) is 12.5 Å². The van der Waals surface area contributed by atoms with Gasteiger partial charge in [0.25, 0.3) is 0 Å². The Kier molecular flexibility index (Phi) is 5.28. The first-order valence-electron chi connectivity index (χ1n) is 5.36. The van der Waals surface area contributed by atoms with Crippen LogP contribution in [0.3, 0.4) is 0 Å². The third-order valence-corrected chi connectivity index (χ3v) is 3.20. The van der Waals surface area contributed by atoms with Gasteiger partial charge in [-0.05, 0) is 31.7 Å². The average Bonchev–Trinajstić information content (AvgIpc) is 2.69. The maximum Gasteiger partial charge on any atom is 0.140 e. The molecule has 0 aliphatic rings. The molecule has 1 rings (SSSR count). The van der Waals surface area contributed by atoms with Crippen LogP contribution in [0.25, 0.3) is 0 Å². The highest BCUT2D eigenvalue weighted by atomic mass is 32.1. The largest absolute Gasteiger partial charge is 0.409 e. The van der Waals surface area contributed by atoms with Crippen LogP contribution < -0.4 is 11.1 Å². The van der Waals surface area contributed by atoms with Crippen LogP contribution in [0.5, 0.6) is 0 Å². The molecule has 2 atom stereocenters. The lowest BCUT2D eigenvalue weighted by Crippen LogP contribution is -2.38. The van der Waals surface area contributed by atoms with Crippen LogP contribution in [-0.2, 0) is 6.42 Å². The van der Waals surface area contributed by atoms with Gasteiger partial charge in [-0.3, -0.25) is 0 Å². The molecule has 1 aromatic heterocycles. The van der Waals surface area contributed by atoms with Gasteiger partial charge in [0.05, 0.1) is 0 Å². The van der Waals surface area contributed by atoms with Crippen molar-refractivity contribution < 1.29 is 5.21 Å². The summed E-state index contributed by atoms with van der Waals surface area (Å²) in [5.41, 5.74) is 5.45. The van der Waals surface area contributed by atoms with E-state index in [9.17, 15) is 0 Å². The van der Waals surface area contributed by atoms with Crippen LogP contribution in [0.15, 0.2) is 22.7 Å². The average molecular weight is 241 g/mol. The second kappa shape index (κ2) is 6.50. The highest BCUT2D eigenvalue weighted by Gasteiger charge is 2.10. The van der Waals surface area contributed by atoms with Gasteiger partial charge >= 0.3 is 0 Å². The molecule has 0 bridgehead atoms. The van der Waals surface area contributed by atoms with Gasteiger partial charge in [-0.15, -0.1) is 11.3 Å². The molecule has 0 saturated carbocycles. The van der Waals surface area contributed by atoms with Crippen LogP contribution in [0.2, 0.25) is 0 Å². The quantitative estimate of drug-likeness (QED) is 0.308. The molecule has 90 valence electrons. The van der Waals surface area contributed by atoms with E-state index in [4.69, 9.17) is 10.9 Å². The van der Waals surface area contributed by atoms with Gasteiger partial charge in [0.15, 0.2) is 0 Å². The summed E-state index contributed by atoms with van der Waals surface area (Å²) in [4.78, 5) is 1.37. The third kappa shape index (κ3) is 4.63. The Labute approximate surface area is 100 Å². The van der Waals surface area contributed by atoms with Gasteiger partial charge < -0.3 is 16.3 Å². The molecule has 2 unspecified atom stereocenters. The fraction of sp³-hybridized carbons (Fsp3) is 0.545. The minimum atomic E-state index is 0.214. The predicted molar refractivity (Wildman–Crippen MR) is 68.1 cm³/mol. The molecule has 0 saturated heterocycles. The lowest BCUT2D eigenvalue weighted by atomic mass is 10.1. The molecular weight excluding hydrogens is 222 g/mol. The first-order chi connectivity index (χ1) is 7.61. The molecule has 0 spiro atoms. The van der Waals surface area contributed by atoms with E-state index >= 15 is 0 Å². The van der Waals surface area contributed by atoms with Crippen molar-refractivity contribution in [2.75, 3.05) is 0 Å². The molecule has 4 nitrogen and oxygen atoms in total. The molecule has 1 heterocycles. The van der Waals surface area contributed by atoms with Crippen LogP contribution in [0.1, 0.15) is 25.1 Å². The van der Waals surface area contributed by atoms with Crippen LogP contribution >= 0.6 is 11.3 Å². The lowest BCUT2D eigenvalue weighted by Gasteiger charge is -2.18. The van der Waals surface area contributed by atoms with Crippen molar-refractivity contribution in [2.24, 2.45) is 10.9 Å². The minimum absolute atomic E-state index is 0.214. The smallest absolute Gasteiger partial charge is 0.140 e. The SMILES string of the molecule is CC(CC(N)=NO)NC(C)Cc1cccs1. The van der Waals surface area contributed by atoms with Crippen molar-refractivity contribution in [3.05, 3.63) is 22.4 Å². The number of hydrogen-bond donors (Lipinski definition) is 3. The zero-order chi connectivity index (χ0) is 12.0. The first kappa shape index (κ1) is 13.0. The molecular formula is C11H19N3OS. The highest BCUT2D eigenvalue weighted by molar-refractivity contribution is 7.09. The van der Waals surface area contributed by atoms with Crippen molar-refractivity contribution >= 4 is 17.2 Å². The predicted octanol–water partition coefficient (Wildman–Crippen LogP) is 1.79. The summed E-state index contributed by atoms with van der Waals surface area (Å²) in [5.74, 6) is 0.267. The maximum absolute atomic E-state index is 8.46. The number of amidine groups is 1. The minimum Gasteiger partial charge on any atom is -0.409 e. The van der Waals surface area contributed by atoms with Crippen molar-refractivity contribution in [3.8, 4) is 0 Å². The Morgan fingerprint density at radius 2 is 2.31 bits per heavy atom. The number of hydrogen-bond acceptors (Lipinski definition) is 4. The summed E-state index contributed by atoms with van der Waals surface area (Å²) in [7, 11) is 0. The number of nitrogens with one attached hydrogen (secondary N) is 1. The van der Waals surface area contributed by atoms with Gasteiger partial charge in [0.1, 0.15) is 5.84 Å². The number of nitrogens with two attached hydrogens (primary N) is 1. The van der Waals surface area contributed by atoms with Crippen molar-refractivity contribution in [1.82, 2.24) is 5.32 Å². The van der Waals surface area contributed by atoms with E-state index in [1.807, 2.05) is 6.92 Å². The van der Waals surface area contributed by atoms with Crippen LogP contribution in [0, 0.1) is 0 Å². The van der Waals surface area contributed by atoms with Gasteiger partial charge in [-0.1, -0.05) is 11.2 Å². The summed E-state index contributed by atoms with van der Waals surface area (Å²) in [6, 6.07) is 4.80. The molecule has 1 aromatic rings.